The van der Waals surface area contributed by atoms with Crippen LogP contribution in [0.2, 0.25) is 5.02 Å². The number of hydrogen-bond acceptors (Lipinski definition) is 7. The minimum Gasteiger partial charge on any atom is -0.490 e. The van der Waals surface area contributed by atoms with Crippen LogP contribution in [0.4, 0.5) is 4.39 Å². The van der Waals surface area contributed by atoms with Crippen LogP contribution in [0.1, 0.15) is 35.4 Å². The van der Waals surface area contributed by atoms with Crippen molar-refractivity contribution in [1.82, 2.24) is 20.6 Å². The van der Waals surface area contributed by atoms with Gasteiger partial charge in [0.15, 0.2) is 17.4 Å². The van der Waals surface area contributed by atoms with E-state index in [4.69, 9.17) is 26.2 Å². The molecule has 2 amide bonds. The summed E-state index contributed by atoms with van der Waals surface area (Å²) >= 11 is 5.96. The second kappa shape index (κ2) is 12.8. The fourth-order valence-corrected chi connectivity index (χ4v) is 4.41. The number of benzene rings is 2. The summed E-state index contributed by atoms with van der Waals surface area (Å²) in [5.41, 5.74) is 0.220. The van der Waals surface area contributed by atoms with Crippen molar-refractivity contribution in [2.24, 2.45) is 5.92 Å². The Labute approximate surface area is 222 Å². The molecule has 1 saturated heterocycles. The van der Waals surface area contributed by atoms with Crippen molar-refractivity contribution in [3.63, 3.8) is 0 Å². The third kappa shape index (κ3) is 7.06. The molecule has 38 heavy (non-hydrogen) atoms. The lowest BCUT2D eigenvalue weighted by molar-refractivity contribution is -0.124. The fraction of sp³-hybridized carbons (Fsp3) is 0.385. The number of ether oxygens (including phenoxy) is 2. The van der Waals surface area contributed by atoms with E-state index in [1.807, 2.05) is 0 Å². The average Bonchev–Trinajstić information content (AvgIpc) is 2.92. The molecule has 3 aromatic rings. The molecule has 1 aliphatic heterocycles. The number of rotatable bonds is 10. The molecular weight excluding hydrogens is 519 g/mol. The van der Waals surface area contributed by atoms with Crippen molar-refractivity contribution in [3.8, 4) is 5.75 Å². The number of aliphatic hydroxyl groups is 1. The number of nitrogens with zero attached hydrogens (tertiary/aromatic N) is 1. The van der Waals surface area contributed by atoms with Crippen LogP contribution < -0.4 is 20.9 Å². The molecule has 2 heterocycles. The standard InChI is InChI=1S/C26H28ClFN4O6/c27-17-3-1-2-16(10-17)11-30-26(36)24-31-20-7-6-19(28)23(22(20)25(35)32-24)37-9-8-15-4-5-18(38-14-15)12-29-21(34)13-33/h1-3,6-7,10,15,18,33H,4-5,8-9,11-14H2,(H,29,34)(H,30,36)(H,31,32,35). The van der Waals surface area contributed by atoms with Crippen LogP contribution in [-0.4, -0.2) is 59.4 Å². The molecule has 0 spiro atoms. The van der Waals surface area contributed by atoms with E-state index in [1.54, 1.807) is 24.3 Å². The molecule has 4 N–H and O–H groups in total. The quantitative estimate of drug-likeness (QED) is 0.305. The van der Waals surface area contributed by atoms with Gasteiger partial charge in [0.25, 0.3) is 11.5 Å². The number of aliphatic hydroxyl groups excluding tert-OH is 1. The van der Waals surface area contributed by atoms with Crippen LogP contribution in [0, 0.1) is 11.7 Å². The van der Waals surface area contributed by atoms with Gasteiger partial charge in [-0.1, -0.05) is 23.7 Å². The summed E-state index contributed by atoms with van der Waals surface area (Å²) in [7, 11) is 0. The molecule has 2 aromatic carbocycles. The van der Waals surface area contributed by atoms with Crippen LogP contribution in [0.5, 0.6) is 5.75 Å². The molecule has 4 rings (SSSR count). The Morgan fingerprint density at radius 2 is 2.08 bits per heavy atom. The highest BCUT2D eigenvalue weighted by atomic mass is 35.5. The summed E-state index contributed by atoms with van der Waals surface area (Å²) in [6.45, 7) is 0.560. The highest BCUT2D eigenvalue weighted by molar-refractivity contribution is 6.30. The first-order valence-electron chi connectivity index (χ1n) is 12.2. The number of carbonyl (C=O) groups excluding carboxylic acids is 2. The Kier molecular flexibility index (Phi) is 9.27. The summed E-state index contributed by atoms with van der Waals surface area (Å²) in [5, 5.41) is 14.5. The van der Waals surface area contributed by atoms with E-state index in [2.05, 4.69) is 20.6 Å². The monoisotopic (exact) mass is 546 g/mol. The first-order chi connectivity index (χ1) is 18.3. The van der Waals surface area contributed by atoms with Crippen LogP contribution >= 0.6 is 11.6 Å². The van der Waals surface area contributed by atoms with Gasteiger partial charge in [-0.25, -0.2) is 9.37 Å². The molecule has 1 aromatic heterocycles. The van der Waals surface area contributed by atoms with Crippen molar-refractivity contribution < 1.29 is 28.6 Å². The predicted octanol–water partition coefficient (Wildman–Crippen LogP) is 2.32. The second-order valence-corrected chi connectivity index (χ2v) is 9.43. The van der Waals surface area contributed by atoms with Gasteiger partial charge in [-0.2, -0.15) is 0 Å². The Hall–Kier alpha value is -3.54. The maximum absolute atomic E-state index is 14.6. The molecule has 10 nitrogen and oxygen atoms in total. The van der Waals surface area contributed by atoms with E-state index >= 15 is 0 Å². The van der Waals surface area contributed by atoms with E-state index in [1.165, 1.54) is 6.07 Å². The zero-order valence-corrected chi connectivity index (χ0v) is 21.2. The van der Waals surface area contributed by atoms with E-state index < -0.39 is 29.8 Å². The van der Waals surface area contributed by atoms with E-state index in [0.29, 0.717) is 24.6 Å². The maximum Gasteiger partial charge on any atom is 0.287 e. The van der Waals surface area contributed by atoms with Crippen molar-refractivity contribution in [3.05, 3.63) is 69.0 Å². The highest BCUT2D eigenvalue weighted by Crippen LogP contribution is 2.27. The normalized spacial score (nSPS) is 17.2. The van der Waals surface area contributed by atoms with Crippen LogP contribution in [-0.2, 0) is 16.1 Å². The molecule has 0 saturated carbocycles. The molecule has 2 unspecified atom stereocenters. The minimum atomic E-state index is -0.706. The Morgan fingerprint density at radius 3 is 2.82 bits per heavy atom. The lowest BCUT2D eigenvalue weighted by atomic mass is 9.95. The van der Waals surface area contributed by atoms with E-state index in [0.717, 1.165) is 24.5 Å². The van der Waals surface area contributed by atoms with Gasteiger partial charge in [0.05, 0.1) is 18.2 Å². The van der Waals surface area contributed by atoms with E-state index in [9.17, 15) is 18.8 Å². The number of carbonyl (C=O) groups is 2. The van der Waals surface area contributed by atoms with Crippen molar-refractivity contribution in [2.45, 2.75) is 31.9 Å². The molecule has 12 heteroatoms. The predicted molar refractivity (Wildman–Crippen MR) is 138 cm³/mol. The number of H-pyrrole nitrogens is 1. The number of halogens is 2. The van der Waals surface area contributed by atoms with Gasteiger partial charge in [-0.05, 0) is 55.0 Å². The average molecular weight is 547 g/mol. The van der Waals surface area contributed by atoms with Crippen LogP contribution in [0.15, 0.2) is 41.2 Å². The molecular formula is C26H28ClFN4O6. The number of amides is 2. The molecule has 0 bridgehead atoms. The maximum atomic E-state index is 14.6. The smallest absolute Gasteiger partial charge is 0.287 e. The SMILES string of the molecule is O=C(CO)NCC1CCC(CCOc2c(F)ccc3nc(C(=O)NCc4cccc(Cl)c4)[nH]c(=O)c23)CO1. The Balaban J connectivity index is 1.35. The fourth-order valence-electron chi connectivity index (χ4n) is 4.20. The summed E-state index contributed by atoms with van der Waals surface area (Å²) in [6, 6.07) is 9.46. The van der Waals surface area contributed by atoms with Gasteiger partial charge in [0.2, 0.25) is 5.91 Å². The number of nitrogens with one attached hydrogen (secondary N) is 3. The third-order valence-electron chi connectivity index (χ3n) is 6.24. The molecule has 1 fully saturated rings. The summed E-state index contributed by atoms with van der Waals surface area (Å²) in [4.78, 5) is 43.2. The largest absolute Gasteiger partial charge is 0.490 e. The first kappa shape index (κ1) is 27.5. The van der Waals surface area contributed by atoms with Gasteiger partial charge in [0.1, 0.15) is 12.0 Å². The van der Waals surface area contributed by atoms with Crippen LogP contribution in [0.3, 0.4) is 0 Å². The van der Waals surface area contributed by atoms with E-state index in [-0.39, 0.29) is 47.7 Å². The second-order valence-electron chi connectivity index (χ2n) is 9.00. The zero-order chi connectivity index (χ0) is 27.1. The van der Waals surface area contributed by atoms with Gasteiger partial charge >= 0.3 is 0 Å². The molecule has 0 radical (unpaired) electrons. The lowest BCUT2D eigenvalue weighted by Crippen LogP contribution is -2.38. The van der Waals surface area contributed by atoms with Crippen molar-refractivity contribution >= 4 is 34.3 Å². The van der Waals surface area contributed by atoms with Crippen LogP contribution in [0.25, 0.3) is 10.9 Å². The first-order valence-corrected chi connectivity index (χ1v) is 12.6. The lowest BCUT2D eigenvalue weighted by Gasteiger charge is -2.29. The summed E-state index contributed by atoms with van der Waals surface area (Å²) in [5.74, 6) is -2.00. The van der Waals surface area contributed by atoms with Gasteiger partial charge in [0, 0.05) is 24.7 Å². The highest BCUT2D eigenvalue weighted by Gasteiger charge is 2.23. The Bertz CT molecular complexity index is 1360. The molecule has 0 aliphatic carbocycles. The molecule has 202 valence electrons. The molecule has 1 aliphatic rings. The minimum absolute atomic E-state index is 0.0732. The molecule has 2 atom stereocenters. The van der Waals surface area contributed by atoms with Gasteiger partial charge in [-0.3, -0.25) is 14.4 Å². The van der Waals surface area contributed by atoms with Crippen molar-refractivity contribution in [2.75, 3.05) is 26.4 Å². The third-order valence-corrected chi connectivity index (χ3v) is 6.48. The van der Waals surface area contributed by atoms with Crippen molar-refractivity contribution in [1.29, 1.82) is 0 Å². The summed E-state index contributed by atoms with van der Waals surface area (Å²) < 4.78 is 26.1. The Morgan fingerprint density at radius 1 is 1.24 bits per heavy atom. The number of hydrogen-bond donors (Lipinski definition) is 4. The number of fused-ring (bicyclic) bond motifs is 1. The zero-order valence-electron chi connectivity index (χ0n) is 20.5. The summed E-state index contributed by atoms with van der Waals surface area (Å²) in [6.07, 6.45) is 2.00. The number of aromatic amines is 1. The topological polar surface area (TPSA) is 143 Å². The van der Waals surface area contributed by atoms with Gasteiger partial charge in [-0.15, -0.1) is 0 Å². The number of aromatic nitrogens is 2. The van der Waals surface area contributed by atoms with Gasteiger partial charge < -0.3 is 30.2 Å².